The average molecular weight is 271 g/mol. The fraction of sp³-hybridized carbons (Fsp3) is 0.500. The summed E-state index contributed by atoms with van der Waals surface area (Å²) < 4.78 is 27.2. The minimum atomic E-state index is -0.932. The van der Waals surface area contributed by atoms with Crippen molar-refractivity contribution in [3.63, 3.8) is 0 Å². The number of hydrogen-bond donors (Lipinski definition) is 1. The third-order valence-electron chi connectivity index (χ3n) is 3.29. The van der Waals surface area contributed by atoms with E-state index in [-0.39, 0.29) is 5.69 Å². The summed E-state index contributed by atoms with van der Waals surface area (Å²) in [5, 5.41) is 13.2. The lowest BCUT2D eigenvalue weighted by atomic mass is 10.1. The Kier molecular flexibility index (Phi) is 3.94. The molecule has 2 rings (SSSR count). The van der Waals surface area contributed by atoms with E-state index in [0.717, 1.165) is 31.6 Å². The smallest absolute Gasteiger partial charge is 0.275 e. The van der Waals surface area contributed by atoms with E-state index >= 15 is 0 Å². The van der Waals surface area contributed by atoms with Gasteiger partial charge in [-0.05, 0) is 25.9 Å². The summed E-state index contributed by atoms with van der Waals surface area (Å²) in [4.78, 5) is 11.8. The lowest BCUT2D eigenvalue weighted by Crippen LogP contribution is -2.20. The van der Waals surface area contributed by atoms with E-state index < -0.39 is 22.2 Å². The predicted octanol–water partition coefficient (Wildman–Crippen LogP) is 2.24. The van der Waals surface area contributed by atoms with Crippen molar-refractivity contribution in [2.45, 2.75) is 6.42 Å². The number of rotatable bonds is 4. The molecule has 0 amide bonds. The van der Waals surface area contributed by atoms with Crippen molar-refractivity contribution in [2.75, 3.05) is 32.0 Å². The van der Waals surface area contributed by atoms with Gasteiger partial charge in [0, 0.05) is 13.1 Å². The fourth-order valence-electron chi connectivity index (χ4n) is 2.27. The molecule has 0 radical (unpaired) electrons. The summed E-state index contributed by atoms with van der Waals surface area (Å²) in [5.41, 5.74) is -0.874. The van der Waals surface area contributed by atoms with Crippen LogP contribution < -0.4 is 5.32 Å². The number of halogens is 2. The van der Waals surface area contributed by atoms with Crippen LogP contribution in [0.3, 0.4) is 0 Å². The number of benzene rings is 1. The molecular formula is C12H15F2N3O2. The van der Waals surface area contributed by atoms with Crippen LogP contribution in [0.2, 0.25) is 0 Å². The van der Waals surface area contributed by atoms with Gasteiger partial charge in [0.2, 0.25) is 0 Å². The Bertz CT molecular complexity index is 473. The van der Waals surface area contributed by atoms with Crippen molar-refractivity contribution in [3.8, 4) is 0 Å². The van der Waals surface area contributed by atoms with E-state index in [0.29, 0.717) is 12.5 Å². The van der Waals surface area contributed by atoms with Crippen LogP contribution in [-0.2, 0) is 0 Å². The van der Waals surface area contributed by atoms with Gasteiger partial charge in [-0.1, -0.05) is 0 Å². The number of non-ortho nitro benzene ring substituents is 1. The Morgan fingerprint density at radius 2 is 2.11 bits per heavy atom. The number of likely N-dealkylation sites (tertiary alicyclic amines) is 1. The molecule has 0 aromatic heterocycles. The fourth-order valence-corrected chi connectivity index (χ4v) is 2.27. The van der Waals surface area contributed by atoms with E-state index in [1.165, 1.54) is 0 Å². The molecule has 7 heteroatoms. The highest BCUT2D eigenvalue weighted by Gasteiger charge is 2.21. The number of nitrogens with one attached hydrogen (secondary N) is 1. The molecule has 0 aliphatic carbocycles. The zero-order valence-electron chi connectivity index (χ0n) is 10.5. The van der Waals surface area contributed by atoms with Crippen molar-refractivity contribution in [1.82, 2.24) is 4.90 Å². The van der Waals surface area contributed by atoms with Crippen LogP contribution in [0.4, 0.5) is 20.2 Å². The lowest BCUT2D eigenvalue weighted by Gasteiger charge is -2.13. The molecule has 1 aromatic carbocycles. The molecule has 1 aromatic rings. The largest absolute Gasteiger partial charge is 0.380 e. The van der Waals surface area contributed by atoms with E-state index in [1.54, 1.807) is 0 Å². The van der Waals surface area contributed by atoms with Crippen molar-refractivity contribution in [3.05, 3.63) is 33.9 Å². The van der Waals surface area contributed by atoms with Crippen molar-refractivity contribution in [1.29, 1.82) is 0 Å². The highest BCUT2D eigenvalue weighted by atomic mass is 19.1. The van der Waals surface area contributed by atoms with Crippen LogP contribution in [0.25, 0.3) is 0 Å². The second kappa shape index (κ2) is 5.48. The third-order valence-corrected chi connectivity index (χ3v) is 3.29. The molecular weight excluding hydrogens is 256 g/mol. The van der Waals surface area contributed by atoms with Crippen LogP contribution in [0.15, 0.2) is 12.1 Å². The predicted molar refractivity (Wildman–Crippen MR) is 67.1 cm³/mol. The number of hydrogen-bond acceptors (Lipinski definition) is 4. The second-order valence-corrected chi connectivity index (χ2v) is 4.84. The van der Waals surface area contributed by atoms with Crippen LogP contribution in [-0.4, -0.2) is 36.5 Å². The molecule has 0 saturated carbocycles. The van der Waals surface area contributed by atoms with Gasteiger partial charge in [-0.15, -0.1) is 0 Å². The van der Waals surface area contributed by atoms with Crippen molar-refractivity contribution in [2.24, 2.45) is 5.92 Å². The molecule has 1 saturated heterocycles. The highest BCUT2D eigenvalue weighted by molar-refractivity contribution is 5.51. The minimum absolute atomic E-state index is 0.292. The molecule has 5 nitrogen and oxygen atoms in total. The van der Waals surface area contributed by atoms with Gasteiger partial charge in [0.25, 0.3) is 5.69 Å². The van der Waals surface area contributed by atoms with Gasteiger partial charge in [-0.25, -0.2) is 8.78 Å². The van der Waals surface area contributed by atoms with Crippen molar-refractivity contribution < 1.29 is 13.7 Å². The van der Waals surface area contributed by atoms with Gasteiger partial charge < -0.3 is 10.2 Å². The SMILES string of the molecule is CN1CCC(CNc2c(F)cc([N+](=O)[O-])cc2F)C1. The maximum absolute atomic E-state index is 13.6. The molecule has 1 atom stereocenters. The summed E-state index contributed by atoms with van der Waals surface area (Å²) in [6.07, 6.45) is 0.972. The molecule has 104 valence electrons. The number of nitro groups is 1. The maximum Gasteiger partial charge on any atom is 0.275 e. The quantitative estimate of drug-likeness (QED) is 0.674. The van der Waals surface area contributed by atoms with Crippen LogP contribution in [0.5, 0.6) is 0 Å². The molecule has 19 heavy (non-hydrogen) atoms. The average Bonchev–Trinajstić information content (AvgIpc) is 2.73. The zero-order valence-corrected chi connectivity index (χ0v) is 10.5. The van der Waals surface area contributed by atoms with E-state index in [1.807, 2.05) is 7.05 Å². The normalized spacial score (nSPS) is 19.6. The van der Waals surface area contributed by atoms with Gasteiger partial charge in [0.1, 0.15) is 5.69 Å². The third kappa shape index (κ3) is 3.17. The summed E-state index contributed by atoms with van der Waals surface area (Å²) in [6.45, 7) is 2.30. The maximum atomic E-state index is 13.6. The van der Waals surface area contributed by atoms with Gasteiger partial charge in [0.15, 0.2) is 11.6 Å². The van der Waals surface area contributed by atoms with Gasteiger partial charge >= 0.3 is 0 Å². The summed E-state index contributed by atoms with van der Waals surface area (Å²) >= 11 is 0. The van der Waals surface area contributed by atoms with Gasteiger partial charge in [-0.2, -0.15) is 0 Å². The van der Waals surface area contributed by atoms with Crippen molar-refractivity contribution >= 4 is 11.4 Å². The topological polar surface area (TPSA) is 58.4 Å². The van der Waals surface area contributed by atoms with E-state index in [2.05, 4.69) is 10.2 Å². The first-order chi connectivity index (χ1) is 8.97. The first kappa shape index (κ1) is 13.7. The van der Waals surface area contributed by atoms with Crippen LogP contribution >= 0.6 is 0 Å². The molecule has 1 unspecified atom stereocenters. The Balaban J connectivity index is 2.06. The molecule has 1 aliphatic heterocycles. The molecule has 0 bridgehead atoms. The molecule has 1 fully saturated rings. The Hall–Kier alpha value is -1.76. The summed E-state index contributed by atoms with van der Waals surface area (Å²) in [5.74, 6) is -1.53. The van der Waals surface area contributed by atoms with Crippen LogP contribution in [0, 0.1) is 27.7 Å². The summed E-state index contributed by atoms with van der Waals surface area (Å²) in [7, 11) is 1.99. The van der Waals surface area contributed by atoms with Gasteiger partial charge in [0.05, 0.1) is 17.1 Å². The molecule has 0 spiro atoms. The Morgan fingerprint density at radius 3 is 2.58 bits per heavy atom. The number of anilines is 1. The molecule has 1 aliphatic rings. The standard InChI is InChI=1S/C12H15F2N3O2/c1-16-3-2-8(7-16)6-15-12-10(13)4-9(17(18)19)5-11(12)14/h4-5,8,15H,2-3,6-7H2,1H3. The Morgan fingerprint density at radius 1 is 1.47 bits per heavy atom. The molecule has 1 heterocycles. The molecule has 1 N–H and O–H groups in total. The number of nitro benzene ring substituents is 1. The Labute approximate surface area is 109 Å². The van der Waals surface area contributed by atoms with E-state index in [4.69, 9.17) is 0 Å². The number of nitrogens with zero attached hydrogens (tertiary/aromatic N) is 2. The second-order valence-electron chi connectivity index (χ2n) is 4.84. The first-order valence-electron chi connectivity index (χ1n) is 6.03. The lowest BCUT2D eigenvalue weighted by molar-refractivity contribution is -0.385. The first-order valence-corrected chi connectivity index (χ1v) is 6.03. The van der Waals surface area contributed by atoms with Gasteiger partial charge in [-0.3, -0.25) is 10.1 Å². The highest BCUT2D eigenvalue weighted by Crippen LogP contribution is 2.25. The van der Waals surface area contributed by atoms with Crippen LogP contribution in [0.1, 0.15) is 6.42 Å². The zero-order chi connectivity index (χ0) is 14.0. The monoisotopic (exact) mass is 271 g/mol. The summed E-state index contributed by atoms with van der Waals surface area (Å²) in [6, 6.07) is 1.46. The van der Waals surface area contributed by atoms with E-state index in [9.17, 15) is 18.9 Å². The minimum Gasteiger partial charge on any atom is -0.380 e.